The first kappa shape index (κ1) is 12.7. The van der Waals surface area contributed by atoms with Crippen molar-refractivity contribution in [1.82, 2.24) is 4.90 Å². The van der Waals surface area contributed by atoms with E-state index >= 15 is 0 Å². The average molecular weight is 306 g/mol. The van der Waals surface area contributed by atoms with Gasteiger partial charge in [0.05, 0.1) is 4.75 Å². The highest BCUT2D eigenvalue weighted by Crippen LogP contribution is 2.40. The Morgan fingerprint density at radius 1 is 1.56 bits per heavy atom. The summed E-state index contributed by atoms with van der Waals surface area (Å²) in [5.74, 6) is 2.20. The molecule has 0 radical (unpaired) electrons. The zero-order valence-corrected chi connectivity index (χ0v) is 12.4. The molecule has 0 aromatic heterocycles. The molecule has 0 saturated carbocycles. The molecule has 16 heavy (non-hydrogen) atoms. The lowest BCUT2D eigenvalue weighted by Gasteiger charge is -2.38. The monoisotopic (exact) mass is 305 g/mol. The molecule has 0 aliphatic carbocycles. The number of piperidine rings is 1. The largest absolute Gasteiger partial charge is 0.340 e. The van der Waals surface area contributed by atoms with Crippen LogP contribution in [0.2, 0.25) is 0 Å². The Morgan fingerprint density at radius 3 is 2.88 bits per heavy atom. The van der Waals surface area contributed by atoms with E-state index in [0.29, 0.717) is 16.7 Å². The molecule has 2 aliphatic rings. The average Bonchev–Trinajstić information content (AvgIpc) is 2.70. The van der Waals surface area contributed by atoms with Crippen LogP contribution in [0, 0.1) is 5.92 Å². The maximum atomic E-state index is 12.5. The first-order valence-electron chi connectivity index (χ1n) is 6.10. The van der Waals surface area contributed by atoms with Gasteiger partial charge in [-0.25, -0.2) is 0 Å². The second-order valence-corrected chi connectivity index (χ2v) is 7.99. The van der Waals surface area contributed by atoms with E-state index in [0.717, 1.165) is 31.7 Å². The van der Waals surface area contributed by atoms with Crippen molar-refractivity contribution >= 4 is 33.6 Å². The maximum absolute atomic E-state index is 12.5. The van der Waals surface area contributed by atoms with E-state index in [4.69, 9.17) is 0 Å². The van der Waals surface area contributed by atoms with Crippen LogP contribution >= 0.6 is 27.7 Å². The van der Waals surface area contributed by atoms with Gasteiger partial charge >= 0.3 is 0 Å². The van der Waals surface area contributed by atoms with E-state index in [1.54, 1.807) is 0 Å². The minimum absolute atomic E-state index is 0.132. The van der Waals surface area contributed by atoms with Crippen LogP contribution in [0.4, 0.5) is 0 Å². The van der Waals surface area contributed by atoms with E-state index < -0.39 is 0 Å². The lowest BCUT2D eigenvalue weighted by atomic mass is 9.96. The zero-order valence-electron chi connectivity index (χ0n) is 10.0. The van der Waals surface area contributed by atoms with Crippen LogP contribution < -0.4 is 0 Å². The van der Waals surface area contributed by atoms with Crippen LogP contribution in [0.3, 0.4) is 0 Å². The summed E-state index contributed by atoms with van der Waals surface area (Å²) in [6.45, 7) is 6.20. The first-order chi connectivity index (χ1) is 7.53. The fourth-order valence-corrected chi connectivity index (χ4v) is 4.38. The van der Waals surface area contributed by atoms with Gasteiger partial charge in [-0.3, -0.25) is 4.79 Å². The van der Waals surface area contributed by atoms with Crippen LogP contribution in [0.5, 0.6) is 0 Å². The molecule has 2 fully saturated rings. The highest BCUT2D eigenvalue weighted by molar-refractivity contribution is 9.09. The molecule has 2 saturated heterocycles. The first-order valence-corrected chi connectivity index (χ1v) is 8.00. The number of amides is 1. The van der Waals surface area contributed by atoms with Gasteiger partial charge in [0, 0.05) is 17.9 Å². The lowest BCUT2D eigenvalue weighted by Crippen LogP contribution is -2.50. The van der Waals surface area contributed by atoms with E-state index in [2.05, 4.69) is 34.7 Å². The highest BCUT2D eigenvalue weighted by Gasteiger charge is 2.41. The summed E-state index contributed by atoms with van der Waals surface area (Å²) in [6.07, 6.45) is 3.37. The lowest BCUT2D eigenvalue weighted by molar-refractivity contribution is -0.134. The molecule has 0 spiro atoms. The van der Waals surface area contributed by atoms with Gasteiger partial charge in [-0.1, -0.05) is 22.9 Å². The van der Waals surface area contributed by atoms with Crippen molar-refractivity contribution in [2.45, 2.75) is 42.7 Å². The maximum Gasteiger partial charge on any atom is 0.238 e. The van der Waals surface area contributed by atoms with E-state index in [-0.39, 0.29) is 4.75 Å². The minimum atomic E-state index is -0.132. The molecule has 1 amide bonds. The molecule has 0 bridgehead atoms. The smallest absolute Gasteiger partial charge is 0.238 e. The quantitative estimate of drug-likeness (QED) is 0.694. The van der Waals surface area contributed by atoms with Crippen molar-refractivity contribution in [3.05, 3.63) is 0 Å². The Balaban J connectivity index is 2.00. The standard InChI is InChI=1S/C12H20BrNOS/c1-9-4-6-14(8-10(9)13)11(15)12(2)5-3-7-16-12/h9-10H,3-8H2,1-2H3. The molecule has 0 N–H and O–H groups in total. The summed E-state index contributed by atoms with van der Waals surface area (Å²) >= 11 is 5.53. The van der Waals surface area contributed by atoms with Gasteiger partial charge in [0.25, 0.3) is 0 Å². The molecular weight excluding hydrogens is 286 g/mol. The van der Waals surface area contributed by atoms with Crippen molar-refractivity contribution < 1.29 is 4.79 Å². The van der Waals surface area contributed by atoms with Gasteiger partial charge in [-0.2, -0.15) is 0 Å². The van der Waals surface area contributed by atoms with Gasteiger partial charge in [0.2, 0.25) is 5.91 Å². The van der Waals surface area contributed by atoms with Crippen LogP contribution in [-0.4, -0.2) is 39.2 Å². The van der Waals surface area contributed by atoms with Crippen molar-refractivity contribution in [3.8, 4) is 0 Å². The Labute approximate surface area is 111 Å². The van der Waals surface area contributed by atoms with E-state index in [1.807, 2.05) is 11.8 Å². The fourth-order valence-electron chi connectivity index (χ4n) is 2.49. The van der Waals surface area contributed by atoms with E-state index in [9.17, 15) is 4.79 Å². The normalized spacial score (nSPS) is 40.1. The number of nitrogens with zero attached hydrogens (tertiary/aromatic N) is 1. The summed E-state index contributed by atoms with van der Waals surface area (Å²) in [7, 11) is 0. The molecule has 3 unspecified atom stereocenters. The number of alkyl halides is 1. The van der Waals surface area contributed by atoms with Crippen molar-refractivity contribution in [1.29, 1.82) is 0 Å². The Bertz CT molecular complexity index is 278. The Hall–Kier alpha value is 0.300. The number of halogens is 1. The van der Waals surface area contributed by atoms with Gasteiger partial charge < -0.3 is 4.90 Å². The van der Waals surface area contributed by atoms with Crippen molar-refractivity contribution in [3.63, 3.8) is 0 Å². The third-order valence-corrected chi connectivity index (χ3v) is 6.53. The SMILES string of the molecule is CC1CCN(C(=O)C2(C)CCCS2)CC1Br. The number of carbonyl (C=O) groups is 1. The van der Waals surface area contributed by atoms with Crippen LogP contribution in [0.25, 0.3) is 0 Å². The van der Waals surface area contributed by atoms with Gasteiger partial charge in [-0.15, -0.1) is 11.8 Å². The summed E-state index contributed by atoms with van der Waals surface area (Å²) in [4.78, 5) is 15.0. The molecular formula is C12H20BrNOS. The van der Waals surface area contributed by atoms with Crippen LogP contribution in [0.1, 0.15) is 33.1 Å². The zero-order chi connectivity index (χ0) is 11.8. The second kappa shape index (κ2) is 4.89. The predicted octanol–water partition coefficient (Wildman–Crippen LogP) is 2.90. The minimum Gasteiger partial charge on any atom is -0.340 e. The second-order valence-electron chi connectivity index (χ2n) is 5.22. The van der Waals surface area contributed by atoms with Gasteiger partial charge in [0.15, 0.2) is 0 Å². The fraction of sp³-hybridized carbons (Fsp3) is 0.917. The van der Waals surface area contributed by atoms with Crippen LogP contribution in [0.15, 0.2) is 0 Å². The summed E-state index contributed by atoms with van der Waals surface area (Å²) < 4.78 is -0.132. The molecule has 0 aromatic carbocycles. The molecule has 2 aliphatic heterocycles. The Morgan fingerprint density at radius 2 is 2.31 bits per heavy atom. The molecule has 0 aromatic rings. The van der Waals surface area contributed by atoms with Crippen molar-refractivity contribution in [2.75, 3.05) is 18.8 Å². The molecule has 3 atom stereocenters. The molecule has 4 heteroatoms. The topological polar surface area (TPSA) is 20.3 Å². The number of rotatable bonds is 1. The van der Waals surface area contributed by atoms with Crippen LogP contribution in [-0.2, 0) is 4.79 Å². The summed E-state index contributed by atoms with van der Waals surface area (Å²) in [5.41, 5.74) is 0. The predicted molar refractivity (Wildman–Crippen MR) is 73.2 cm³/mol. The third-order valence-electron chi connectivity index (χ3n) is 3.83. The molecule has 2 heterocycles. The molecule has 2 rings (SSSR count). The number of hydrogen-bond acceptors (Lipinski definition) is 2. The van der Waals surface area contributed by atoms with E-state index in [1.165, 1.54) is 6.42 Å². The number of thioether (sulfide) groups is 1. The molecule has 2 nitrogen and oxygen atoms in total. The third kappa shape index (κ3) is 2.42. The molecule has 92 valence electrons. The van der Waals surface area contributed by atoms with Gasteiger partial charge in [-0.05, 0) is 37.9 Å². The number of likely N-dealkylation sites (tertiary alicyclic amines) is 1. The summed E-state index contributed by atoms with van der Waals surface area (Å²) in [6, 6.07) is 0. The number of hydrogen-bond donors (Lipinski definition) is 0. The summed E-state index contributed by atoms with van der Waals surface area (Å²) in [5, 5.41) is 0. The van der Waals surface area contributed by atoms with Crippen molar-refractivity contribution in [2.24, 2.45) is 5.92 Å². The van der Waals surface area contributed by atoms with Gasteiger partial charge in [0.1, 0.15) is 0 Å². The highest BCUT2D eigenvalue weighted by atomic mass is 79.9. The number of carbonyl (C=O) groups excluding carboxylic acids is 1. The Kier molecular flexibility index (Phi) is 3.89.